The van der Waals surface area contributed by atoms with E-state index in [0.717, 1.165) is 10.4 Å². The zero-order chi connectivity index (χ0) is 20.0. The third-order valence-corrected chi connectivity index (χ3v) is 6.08. The first-order valence-corrected chi connectivity index (χ1v) is 9.79. The number of carbonyl (C=O) groups is 2. The first-order chi connectivity index (χ1) is 12.6. The summed E-state index contributed by atoms with van der Waals surface area (Å²) in [5.74, 6) is -0.701. The van der Waals surface area contributed by atoms with Crippen molar-refractivity contribution >= 4 is 40.6 Å². The van der Waals surface area contributed by atoms with Gasteiger partial charge in [-0.3, -0.25) is 9.48 Å². The number of fused-ring (bicyclic) bond motifs is 1. The standard InChI is InChI=1S/C19H26N4O3S.ClH/c1-7-26-17(25)13-11-10-18(2,3)22-19(4,5)14(11)27-16(13)21-15(24)12-8-9-20-23(12)6;/h8-9,22H,7,10H2,1-6H3,(H,21,24);1H. The Bertz CT molecular complexity index is 901. The van der Waals surface area contributed by atoms with Crippen LogP contribution in [0.15, 0.2) is 12.3 Å². The molecule has 1 aliphatic rings. The Hall–Kier alpha value is -1.90. The quantitative estimate of drug-likeness (QED) is 0.731. The minimum absolute atomic E-state index is 0. The van der Waals surface area contributed by atoms with Gasteiger partial charge in [0.05, 0.1) is 12.2 Å². The Balaban J connectivity index is 0.00000280. The van der Waals surface area contributed by atoms with E-state index >= 15 is 0 Å². The van der Waals surface area contributed by atoms with Crippen LogP contribution in [0.3, 0.4) is 0 Å². The van der Waals surface area contributed by atoms with Crippen molar-refractivity contribution in [2.75, 3.05) is 11.9 Å². The molecule has 0 spiro atoms. The summed E-state index contributed by atoms with van der Waals surface area (Å²) in [5, 5.41) is 11.1. The average Bonchev–Trinajstić information content (AvgIpc) is 3.09. The van der Waals surface area contributed by atoms with Gasteiger partial charge in [-0.25, -0.2) is 4.79 Å². The van der Waals surface area contributed by atoms with E-state index < -0.39 is 5.97 Å². The molecule has 0 saturated heterocycles. The molecule has 2 aromatic rings. The molecule has 28 heavy (non-hydrogen) atoms. The maximum Gasteiger partial charge on any atom is 0.341 e. The summed E-state index contributed by atoms with van der Waals surface area (Å²) in [6, 6.07) is 1.64. The summed E-state index contributed by atoms with van der Waals surface area (Å²) >= 11 is 1.43. The summed E-state index contributed by atoms with van der Waals surface area (Å²) in [5.41, 5.74) is 1.34. The van der Waals surface area contributed by atoms with Gasteiger partial charge in [0, 0.05) is 29.2 Å². The lowest BCUT2D eigenvalue weighted by molar-refractivity contribution is 0.0526. The van der Waals surface area contributed by atoms with Crippen LogP contribution >= 0.6 is 23.7 Å². The van der Waals surface area contributed by atoms with Crippen LogP contribution in [-0.2, 0) is 23.7 Å². The van der Waals surface area contributed by atoms with Crippen LogP contribution in [0.4, 0.5) is 5.00 Å². The Morgan fingerprint density at radius 3 is 2.61 bits per heavy atom. The van der Waals surface area contributed by atoms with Gasteiger partial charge in [0.15, 0.2) is 0 Å². The number of amides is 1. The molecule has 3 heterocycles. The monoisotopic (exact) mass is 426 g/mol. The predicted octanol–water partition coefficient (Wildman–Crippen LogP) is 3.49. The highest BCUT2D eigenvalue weighted by atomic mass is 35.5. The number of carbonyl (C=O) groups excluding carboxylic acids is 2. The first kappa shape index (κ1) is 22.4. The van der Waals surface area contributed by atoms with E-state index in [-0.39, 0.29) is 36.0 Å². The summed E-state index contributed by atoms with van der Waals surface area (Å²) in [4.78, 5) is 26.5. The number of anilines is 1. The summed E-state index contributed by atoms with van der Waals surface area (Å²) in [6.45, 7) is 10.5. The average molecular weight is 427 g/mol. The molecule has 0 unspecified atom stereocenters. The number of thiophene rings is 1. The fraction of sp³-hybridized carbons (Fsp3) is 0.526. The molecule has 2 aromatic heterocycles. The van der Waals surface area contributed by atoms with E-state index in [4.69, 9.17) is 4.74 Å². The maximum absolute atomic E-state index is 12.8. The van der Waals surface area contributed by atoms with Crippen molar-refractivity contribution in [3.05, 3.63) is 34.0 Å². The van der Waals surface area contributed by atoms with Crippen LogP contribution in [-0.4, -0.2) is 33.8 Å². The SMILES string of the molecule is CCOC(=O)c1c(NC(=O)c2ccnn2C)sc2c1CC(C)(C)NC2(C)C.Cl. The smallest absolute Gasteiger partial charge is 0.341 e. The van der Waals surface area contributed by atoms with Crippen LogP contribution in [0, 0.1) is 0 Å². The van der Waals surface area contributed by atoms with Crippen LogP contribution in [0.1, 0.15) is 65.9 Å². The van der Waals surface area contributed by atoms with Gasteiger partial charge in [-0.1, -0.05) is 0 Å². The van der Waals surface area contributed by atoms with Crippen molar-refractivity contribution in [2.45, 2.75) is 52.1 Å². The number of aryl methyl sites for hydroxylation is 1. The minimum atomic E-state index is -0.399. The van der Waals surface area contributed by atoms with Gasteiger partial charge in [0.25, 0.3) is 5.91 Å². The summed E-state index contributed by atoms with van der Waals surface area (Å²) < 4.78 is 6.81. The normalized spacial score (nSPS) is 16.6. The largest absolute Gasteiger partial charge is 0.462 e. The Morgan fingerprint density at radius 1 is 1.36 bits per heavy atom. The van der Waals surface area contributed by atoms with Gasteiger partial charge in [0.2, 0.25) is 0 Å². The molecule has 0 aliphatic carbocycles. The number of hydrogen-bond acceptors (Lipinski definition) is 6. The van der Waals surface area contributed by atoms with Crippen molar-refractivity contribution in [3.63, 3.8) is 0 Å². The van der Waals surface area contributed by atoms with Gasteiger partial charge in [-0.15, -0.1) is 23.7 Å². The van der Waals surface area contributed by atoms with E-state index in [9.17, 15) is 9.59 Å². The second-order valence-electron chi connectivity index (χ2n) is 7.94. The zero-order valence-electron chi connectivity index (χ0n) is 17.0. The van der Waals surface area contributed by atoms with Crippen molar-refractivity contribution in [1.82, 2.24) is 15.1 Å². The highest BCUT2D eigenvalue weighted by Gasteiger charge is 2.42. The molecule has 0 aromatic carbocycles. The van der Waals surface area contributed by atoms with Gasteiger partial charge in [-0.2, -0.15) is 5.10 Å². The molecule has 3 rings (SSSR count). The molecule has 0 radical (unpaired) electrons. The lowest BCUT2D eigenvalue weighted by Crippen LogP contribution is -2.55. The molecule has 0 bridgehead atoms. The molecule has 1 amide bonds. The number of esters is 1. The Morgan fingerprint density at radius 2 is 2.04 bits per heavy atom. The maximum atomic E-state index is 12.8. The number of nitrogens with one attached hydrogen (secondary N) is 2. The Labute approximate surface area is 175 Å². The molecule has 154 valence electrons. The Kier molecular flexibility index (Phi) is 6.28. The van der Waals surface area contributed by atoms with E-state index in [1.165, 1.54) is 16.0 Å². The second kappa shape index (κ2) is 7.85. The fourth-order valence-corrected chi connectivity index (χ4v) is 5.06. The van der Waals surface area contributed by atoms with E-state index in [1.54, 1.807) is 26.2 Å². The van der Waals surface area contributed by atoms with Gasteiger partial charge in [0.1, 0.15) is 10.7 Å². The van der Waals surface area contributed by atoms with E-state index in [1.807, 2.05) is 0 Å². The minimum Gasteiger partial charge on any atom is -0.462 e. The molecule has 0 saturated carbocycles. The highest BCUT2D eigenvalue weighted by Crippen LogP contribution is 2.45. The zero-order valence-corrected chi connectivity index (χ0v) is 18.6. The number of aromatic nitrogens is 2. The molecule has 0 fully saturated rings. The molecule has 1 aliphatic heterocycles. The highest BCUT2D eigenvalue weighted by molar-refractivity contribution is 7.17. The lowest BCUT2D eigenvalue weighted by atomic mass is 9.81. The summed E-state index contributed by atoms with van der Waals surface area (Å²) in [7, 11) is 1.70. The number of halogens is 1. The molecule has 2 N–H and O–H groups in total. The van der Waals surface area contributed by atoms with Crippen molar-refractivity contribution in [2.24, 2.45) is 7.05 Å². The van der Waals surface area contributed by atoms with E-state index in [0.29, 0.717) is 22.7 Å². The second-order valence-corrected chi connectivity index (χ2v) is 8.96. The number of ether oxygens (including phenoxy) is 1. The van der Waals surface area contributed by atoms with Gasteiger partial charge in [-0.05, 0) is 52.7 Å². The lowest BCUT2D eigenvalue weighted by Gasteiger charge is -2.42. The topological polar surface area (TPSA) is 85.2 Å². The van der Waals surface area contributed by atoms with Crippen LogP contribution in [0.25, 0.3) is 0 Å². The fourth-order valence-electron chi connectivity index (χ4n) is 3.80. The van der Waals surface area contributed by atoms with Gasteiger partial charge >= 0.3 is 5.97 Å². The van der Waals surface area contributed by atoms with Crippen molar-refractivity contribution < 1.29 is 14.3 Å². The molecular formula is C19H27ClN4O3S. The molecule has 7 nitrogen and oxygen atoms in total. The van der Waals surface area contributed by atoms with Crippen LogP contribution in [0.2, 0.25) is 0 Å². The van der Waals surface area contributed by atoms with Crippen molar-refractivity contribution in [1.29, 1.82) is 0 Å². The van der Waals surface area contributed by atoms with Crippen LogP contribution < -0.4 is 10.6 Å². The molecular weight excluding hydrogens is 400 g/mol. The summed E-state index contributed by atoms with van der Waals surface area (Å²) in [6.07, 6.45) is 2.24. The molecule has 0 atom stereocenters. The van der Waals surface area contributed by atoms with Crippen molar-refractivity contribution in [3.8, 4) is 0 Å². The predicted molar refractivity (Wildman–Crippen MR) is 113 cm³/mol. The number of rotatable bonds is 4. The third kappa shape index (κ3) is 4.09. The first-order valence-electron chi connectivity index (χ1n) is 8.97. The van der Waals surface area contributed by atoms with E-state index in [2.05, 4.69) is 43.4 Å². The third-order valence-electron chi connectivity index (χ3n) is 4.60. The number of nitrogens with zero attached hydrogens (tertiary/aromatic N) is 2. The van der Waals surface area contributed by atoms with Gasteiger partial charge < -0.3 is 15.4 Å². The number of hydrogen-bond donors (Lipinski definition) is 2. The van der Waals surface area contributed by atoms with Crippen LogP contribution in [0.5, 0.6) is 0 Å². The molecule has 9 heteroatoms.